The van der Waals surface area contributed by atoms with Crippen LogP contribution in [0.3, 0.4) is 0 Å². The molecule has 2 rings (SSSR count). The topological polar surface area (TPSA) is 40.5 Å². The Balaban J connectivity index is 1.84. The standard InChI is InChI=1S/C14H18FNO2/c1-9-7-10(3-4-12(9)15)5-6-16(2)13-8-11(13)14(17)18/h3-4,7,11,13H,5-6,8H2,1-2H3,(H,17,18). The van der Waals surface area contributed by atoms with Gasteiger partial charge in [0, 0.05) is 12.6 Å². The number of carbonyl (C=O) groups is 1. The molecule has 1 aromatic carbocycles. The Morgan fingerprint density at radius 3 is 2.83 bits per heavy atom. The van der Waals surface area contributed by atoms with Gasteiger partial charge in [-0.3, -0.25) is 4.79 Å². The van der Waals surface area contributed by atoms with E-state index in [1.165, 1.54) is 6.07 Å². The van der Waals surface area contributed by atoms with Crippen molar-refractivity contribution in [3.8, 4) is 0 Å². The summed E-state index contributed by atoms with van der Waals surface area (Å²) in [7, 11) is 1.95. The minimum absolute atomic E-state index is 0.170. The van der Waals surface area contributed by atoms with Crippen LogP contribution in [0.25, 0.3) is 0 Å². The Labute approximate surface area is 106 Å². The van der Waals surface area contributed by atoms with Gasteiger partial charge < -0.3 is 10.0 Å². The van der Waals surface area contributed by atoms with Crippen LogP contribution in [0.2, 0.25) is 0 Å². The predicted molar refractivity (Wildman–Crippen MR) is 67.0 cm³/mol. The first-order valence-electron chi connectivity index (χ1n) is 6.17. The molecule has 0 aliphatic heterocycles. The molecule has 1 saturated carbocycles. The summed E-state index contributed by atoms with van der Waals surface area (Å²) >= 11 is 0. The number of carboxylic acid groups (broad SMARTS) is 1. The minimum atomic E-state index is -0.704. The zero-order valence-corrected chi connectivity index (χ0v) is 10.7. The number of hydrogen-bond acceptors (Lipinski definition) is 2. The number of benzene rings is 1. The van der Waals surface area contributed by atoms with E-state index in [0.29, 0.717) is 5.56 Å². The van der Waals surface area contributed by atoms with Crippen LogP contribution in [-0.2, 0) is 11.2 Å². The number of halogens is 1. The molecule has 1 N–H and O–H groups in total. The summed E-state index contributed by atoms with van der Waals surface area (Å²) in [5, 5.41) is 8.86. The van der Waals surface area contributed by atoms with Gasteiger partial charge in [-0.05, 0) is 44.0 Å². The fourth-order valence-electron chi connectivity index (χ4n) is 2.27. The van der Waals surface area contributed by atoms with Crippen LogP contribution in [0.4, 0.5) is 4.39 Å². The Morgan fingerprint density at radius 2 is 2.28 bits per heavy atom. The highest BCUT2D eigenvalue weighted by Crippen LogP contribution is 2.35. The molecular weight excluding hydrogens is 233 g/mol. The van der Waals surface area contributed by atoms with Crippen molar-refractivity contribution < 1.29 is 14.3 Å². The van der Waals surface area contributed by atoms with Crippen molar-refractivity contribution in [3.63, 3.8) is 0 Å². The number of aryl methyl sites for hydroxylation is 1. The van der Waals surface area contributed by atoms with E-state index in [9.17, 15) is 9.18 Å². The molecule has 0 spiro atoms. The largest absolute Gasteiger partial charge is 0.481 e. The predicted octanol–water partition coefficient (Wildman–Crippen LogP) is 2.08. The van der Waals surface area contributed by atoms with Crippen LogP contribution in [0, 0.1) is 18.7 Å². The maximum atomic E-state index is 13.1. The summed E-state index contributed by atoms with van der Waals surface area (Å²) in [6.45, 7) is 2.56. The Bertz CT molecular complexity index is 461. The lowest BCUT2D eigenvalue weighted by molar-refractivity contribution is -0.138. The van der Waals surface area contributed by atoms with E-state index < -0.39 is 5.97 Å². The molecule has 4 heteroatoms. The maximum absolute atomic E-state index is 13.1. The fourth-order valence-corrected chi connectivity index (χ4v) is 2.27. The van der Waals surface area contributed by atoms with Gasteiger partial charge in [0.2, 0.25) is 0 Å². The third kappa shape index (κ3) is 2.88. The molecule has 2 atom stereocenters. The molecule has 0 heterocycles. The van der Waals surface area contributed by atoms with Gasteiger partial charge in [0.15, 0.2) is 0 Å². The smallest absolute Gasteiger partial charge is 0.308 e. The third-order valence-corrected chi connectivity index (χ3v) is 3.62. The SMILES string of the molecule is Cc1cc(CCN(C)C2CC2C(=O)O)ccc1F. The van der Waals surface area contributed by atoms with E-state index in [0.717, 1.165) is 24.9 Å². The van der Waals surface area contributed by atoms with E-state index in [-0.39, 0.29) is 17.8 Å². The lowest BCUT2D eigenvalue weighted by Crippen LogP contribution is -2.26. The van der Waals surface area contributed by atoms with E-state index in [1.807, 2.05) is 13.1 Å². The van der Waals surface area contributed by atoms with Crippen molar-refractivity contribution in [3.05, 3.63) is 35.1 Å². The van der Waals surface area contributed by atoms with Crippen LogP contribution in [0.5, 0.6) is 0 Å². The molecule has 2 unspecified atom stereocenters. The zero-order valence-electron chi connectivity index (χ0n) is 10.7. The Kier molecular flexibility index (Phi) is 3.66. The van der Waals surface area contributed by atoms with Crippen molar-refractivity contribution in [1.82, 2.24) is 4.90 Å². The van der Waals surface area contributed by atoms with Gasteiger partial charge in [-0.25, -0.2) is 4.39 Å². The van der Waals surface area contributed by atoms with Crippen molar-refractivity contribution >= 4 is 5.97 Å². The van der Waals surface area contributed by atoms with Crippen molar-refractivity contribution in [2.24, 2.45) is 5.92 Å². The van der Waals surface area contributed by atoms with Crippen molar-refractivity contribution in [1.29, 1.82) is 0 Å². The summed E-state index contributed by atoms with van der Waals surface area (Å²) < 4.78 is 13.1. The Hall–Kier alpha value is -1.42. The minimum Gasteiger partial charge on any atom is -0.481 e. The third-order valence-electron chi connectivity index (χ3n) is 3.62. The average molecular weight is 251 g/mol. The average Bonchev–Trinajstić information content (AvgIpc) is 3.10. The van der Waals surface area contributed by atoms with Gasteiger partial charge in [0.05, 0.1) is 5.92 Å². The quantitative estimate of drug-likeness (QED) is 0.871. The lowest BCUT2D eigenvalue weighted by atomic mass is 10.1. The molecule has 0 bridgehead atoms. The van der Waals surface area contributed by atoms with Crippen molar-refractivity contribution in [2.75, 3.05) is 13.6 Å². The zero-order chi connectivity index (χ0) is 13.3. The summed E-state index contributed by atoms with van der Waals surface area (Å²) in [6.07, 6.45) is 1.56. The molecule has 1 fully saturated rings. The van der Waals surface area contributed by atoms with Crippen LogP contribution in [0.15, 0.2) is 18.2 Å². The number of nitrogens with zero attached hydrogens (tertiary/aromatic N) is 1. The van der Waals surface area contributed by atoms with E-state index in [4.69, 9.17) is 5.11 Å². The molecule has 98 valence electrons. The van der Waals surface area contributed by atoms with Gasteiger partial charge in [-0.15, -0.1) is 0 Å². The first kappa shape index (κ1) is 13.0. The highest BCUT2D eigenvalue weighted by atomic mass is 19.1. The number of aliphatic carboxylic acids is 1. The highest BCUT2D eigenvalue weighted by molar-refractivity contribution is 5.74. The lowest BCUT2D eigenvalue weighted by Gasteiger charge is -2.16. The van der Waals surface area contributed by atoms with Crippen LogP contribution in [-0.4, -0.2) is 35.6 Å². The second-order valence-electron chi connectivity index (χ2n) is 5.06. The number of rotatable bonds is 5. The molecule has 3 nitrogen and oxygen atoms in total. The van der Waals surface area contributed by atoms with Crippen LogP contribution in [0.1, 0.15) is 17.5 Å². The van der Waals surface area contributed by atoms with Crippen molar-refractivity contribution in [2.45, 2.75) is 25.8 Å². The summed E-state index contributed by atoms with van der Waals surface area (Å²) in [6, 6.07) is 5.30. The van der Waals surface area contributed by atoms with Gasteiger partial charge in [-0.1, -0.05) is 12.1 Å². The molecule has 0 aromatic heterocycles. The van der Waals surface area contributed by atoms with Crippen LogP contribution < -0.4 is 0 Å². The Morgan fingerprint density at radius 1 is 1.56 bits per heavy atom. The number of hydrogen-bond donors (Lipinski definition) is 1. The second kappa shape index (κ2) is 5.06. The van der Waals surface area contributed by atoms with Gasteiger partial charge in [-0.2, -0.15) is 0 Å². The molecule has 1 aromatic rings. The maximum Gasteiger partial charge on any atom is 0.308 e. The molecule has 18 heavy (non-hydrogen) atoms. The summed E-state index contributed by atoms with van der Waals surface area (Å²) in [5.74, 6) is -1.09. The second-order valence-corrected chi connectivity index (χ2v) is 5.06. The first-order valence-corrected chi connectivity index (χ1v) is 6.17. The van der Waals surface area contributed by atoms with Gasteiger partial charge in [0.1, 0.15) is 5.82 Å². The molecule has 0 saturated heterocycles. The van der Waals surface area contributed by atoms with E-state index >= 15 is 0 Å². The molecule has 1 aliphatic rings. The summed E-state index contributed by atoms with van der Waals surface area (Å²) in [5.41, 5.74) is 1.75. The van der Waals surface area contributed by atoms with E-state index in [1.54, 1.807) is 13.0 Å². The number of carboxylic acids is 1. The molecule has 0 amide bonds. The van der Waals surface area contributed by atoms with Gasteiger partial charge >= 0.3 is 5.97 Å². The van der Waals surface area contributed by atoms with Crippen LogP contribution >= 0.6 is 0 Å². The summed E-state index contributed by atoms with van der Waals surface area (Å²) in [4.78, 5) is 12.8. The highest BCUT2D eigenvalue weighted by Gasteiger charge is 2.45. The first-order chi connectivity index (χ1) is 8.49. The molecule has 0 radical (unpaired) electrons. The monoisotopic (exact) mass is 251 g/mol. The normalized spacial score (nSPS) is 22.2. The van der Waals surface area contributed by atoms with E-state index in [2.05, 4.69) is 4.90 Å². The van der Waals surface area contributed by atoms with Gasteiger partial charge in [0.25, 0.3) is 0 Å². The molecule has 1 aliphatic carbocycles. The fraction of sp³-hybridized carbons (Fsp3) is 0.500. The number of likely N-dealkylation sites (N-methyl/N-ethyl adjacent to an activating group) is 1. The molecular formula is C14H18FNO2.